The van der Waals surface area contributed by atoms with Crippen LogP contribution in [0.1, 0.15) is 23.7 Å². The lowest BCUT2D eigenvalue weighted by Crippen LogP contribution is -2.15. The van der Waals surface area contributed by atoms with E-state index in [1.807, 2.05) is 6.92 Å². The van der Waals surface area contributed by atoms with Gasteiger partial charge in [0.2, 0.25) is 0 Å². The number of hydrogen-bond donors (Lipinski definition) is 0. The van der Waals surface area contributed by atoms with Gasteiger partial charge >= 0.3 is 12.6 Å². The van der Waals surface area contributed by atoms with Crippen LogP contribution in [0, 0.1) is 11.8 Å². The molecule has 2 rings (SSSR count). The number of carbonyl (C=O) groups excluding carboxylic acids is 2. The van der Waals surface area contributed by atoms with E-state index in [1.54, 1.807) is 0 Å². The molecule has 1 aliphatic carbocycles. The summed E-state index contributed by atoms with van der Waals surface area (Å²) in [5.41, 5.74) is 0.281. The number of alkyl halides is 2. The lowest BCUT2D eigenvalue weighted by molar-refractivity contribution is -0.144. The lowest BCUT2D eigenvalue weighted by Gasteiger charge is -2.06. The molecule has 1 aromatic rings. The molecule has 1 aliphatic rings. The summed E-state index contributed by atoms with van der Waals surface area (Å²) in [5.74, 6) is -0.535. The summed E-state index contributed by atoms with van der Waals surface area (Å²) in [6.45, 7) is -1.30. The van der Waals surface area contributed by atoms with Crippen molar-refractivity contribution in [1.82, 2.24) is 0 Å². The van der Waals surface area contributed by atoms with Gasteiger partial charge in [-0.1, -0.05) is 6.92 Å². The fraction of sp³-hybridized carbons (Fsp3) is 0.429. The first-order chi connectivity index (χ1) is 9.47. The second kappa shape index (κ2) is 5.98. The van der Waals surface area contributed by atoms with Crippen LogP contribution in [0.2, 0.25) is 0 Å². The summed E-state index contributed by atoms with van der Waals surface area (Å²) >= 11 is 0. The van der Waals surface area contributed by atoms with E-state index >= 15 is 0 Å². The van der Waals surface area contributed by atoms with Crippen molar-refractivity contribution in [2.24, 2.45) is 11.8 Å². The average Bonchev–Trinajstić information content (AvgIpc) is 3.13. The van der Waals surface area contributed by atoms with E-state index in [1.165, 1.54) is 24.3 Å². The van der Waals surface area contributed by atoms with Gasteiger partial charge in [-0.3, -0.25) is 9.59 Å². The van der Waals surface area contributed by atoms with Crippen molar-refractivity contribution in [1.29, 1.82) is 0 Å². The highest BCUT2D eigenvalue weighted by atomic mass is 19.3. The third-order valence-corrected chi connectivity index (χ3v) is 3.16. The average molecular weight is 284 g/mol. The number of hydrogen-bond acceptors (Lipinski definition) is 4. The molecule has 0 heterocycles. The quantitative estimate of drug-likeness (QED) is 0.595. The van der Waals surface area contributed by atoms with E-state index in [4.69, 9.17) is 4.74 Å². The molecule has 1 saturated carbocycles. The van der Waals surface area contributed by atoms with Gasteiger partial charge < -0.3 is 9.47 Å². The minimum atomic E-state index is -2.90. The van der Waals surface area contributed by atoms with Gasteiger partial charge in [-0.15, -0.1) is 0 Å². The van der Waals surface area contributed by atoms with Crippen molar-refractivity contribution < 1.29 is 27.8 Å². The number of halogens is 2. The molecule has 0 saturated heterocycles. The van der Waals surface area contributed by atoms with E-state index < -0.39 is 6.61 Å². The molecular formula is C14H14F2O4. The summed E-state index contributed by atoms with van der Waals surface area (Å²) < 4.78 is 33.0. The highest BCUT2D eigenvalue weighted by molar-refractivity contribution is 5.98. The molecule has 1 fully saturated rings. The molecule has 6 heteroatoms. The summed E-state index contributed by atoms with van der Waals surface area (Å²) in [4.78, 5) is 23.2. The zero-order valence-electron chi connectivity index (χ0n) is 10.8. The molecule has 1 aromatic carbocycles. The summed E-state index contributed by atoms with van der Waals surface area (Å²) in [7, 11) is 0. The molecule has 0 amide bonds. The summed E-state index contributed by atoms with van der Waals surface area (Å²) in [6, 6.07) is 5.25. The molecule has 0 aromatic heterocycles. The van der Waals surface area contributed by atoms with Crippen molar-refractivity contribution in [3.05, 3.63) is 29.8 Å². The predicted octanol–water partition coefficient (Wildman–Crippen LogP) is 2.67. The summed E-state index contributed by atoms with van der Waals surface area (Å²) in [5, 5.41) is 0. The highest BCUT2D eigenvalue weighted by Crippen LogP contribution is 2.38. The van der Waals surface area contributed by atoms with Gasteiger partial charge in [0.05, 0.1) is 5.92 Å². The van der Waals surface area contributed by atoms with E-state index in [-0.39, 0.29) is 35.6 Å². The molecule has 108 valence electrons. The van der Waals surface area contributed by atoms with E-state index in [0.717, 1.165) is 6.42 Å². The van der Waals surface area contributed by atoms with Crippen molar-refractivity contribution >= 4 is 11.8 Å². The smallest absolute Gasteiger partial charge is 0.387 e. The van der Waals surface area contributed by atoms with Gasteiger partial charge in [-0.2, -0.15) is 8.78 Å². The molecule has 0 spiro atoms. The summed E-state index contributed by atoms with van der Waals surface area (Å²) in [6.07, 6.45) is 0.798. The lowest BCUT2D eigenvalue weighted by atomic mass is 10.1. The molecular weight excluding hydrogens is 270 g/mol. The topological polar surface area (TPSA) is 52.6 Å². The Morgan fingerprint density at radius 2 is 1.90 bits per heavy atom. The Kier molecular flexibility index (Phi) is 4.32. The Balaban J connectivity index is 1.84. The Bertz CT molecular complexity index is 498. The van der Waals surface area contributed by atoms with Crippen molar-refractivity contribution in [3.63, 3.8) is 0 Å². The second-order valence-corrected chi connectivity index (χ2v) is 4.75. The third kappa shape index (κ3) is 3.76. The fourth-order valence-corrected chi connectivity index (χ4v) is 1.80. The number of benzene rings is 1. The van der Waals surface area contributed by atoms with Crippen LogP contribution in [0.3, 0.4) is 0 Å². The van der Waals surface area contributed by atoms with Crippen LogP contribution in [0.15, 0.2) is 24.3 Å². The largest absolute Gasteiger partial charge is 0.457 e. The van der Waals surface area contributed by atoms with Crippen LogP contribution in [0.4, 0.5) is 8.78 Å². The third-order valence-electron chi connectivity index (χ3n) is 3.16. The Morgan fingerprint density at radius 3 is 2.40 bits per heavy atom. The van der Waals surface area contributed by atoms with Gasteiger partial charge in [0, 0.05) is 5.56 Å². The fourth-order valence-electron chi connectivity index (χ4n) is 1.80. The molecule has 20 heavy (non-hydrogen) atoms. The first kappa shape index (κ1) is 14.4. The second-order valence-electron chi connectivity index (χ2n) is 4.75. The maximum atomic E-state index is 12.0. The van der Waals surface area contributed by atoms with E-state index in [2.05, 4.69) is 4.74 Å². The standard InChI is InChI=1S/C14H14F2O4/c1-8-6-11(8)13(18)19-7-12(17)9-2-4-10(5-3-9)20-14(15)16/h2-5,8,11,14H,6-7H2,1H3/t8-,11-/m0/s1. The maximum absolute atomic E-state index is 12.0. The normalized spacial score (nSPS) is 20.6. The maximum Gasteiger partial charge on any atom is 0.387 e. The molecule has 4 nitrogen and oxygen atoms in total. The first-order valence-corrected chi connectivity index (χ1v) is 6.22. The first-order valence-electron chi connectivity index (χ1n) is 6.22. The minimum absolute atomic E-state index is 0.0275. The van der Waals surface area contributed by atoms with Crippen LogP contribution in [0.5, 0.6) is 5.75 Å². The monoisotopic (exact) mass is 284 g/mol. The van der Waals surface area contributed by atoms with Crippen LogP contribution in [0.25, 0.3) is 0 Å². The number of ketones is 1. The predicted molar refractivity (Wildman–Crippen MR) is 65.6 cm³/mol. The Hall–Kier alpha value is -1.98. The van der Waals surface area contributed by atoms with Crippen LogP contribution >= 0.6 is 0 Å². The van der Waals surface area contributed by atoms with Gasteiger partial charge in [-0.05, 0) is 36.6 Å². The molecule has 0 radical (unpaired) electrons. The van der Waals surface area contributed by atoms with Gasteiger partial charge in [-0.25, -0.2) is 0 Å². The number of carbonyl (C=O) groups is 2. The molecule has 0 unspecified atom stereocenters. The van der Waals surface area contributed by atoms with E-state index in [0.29, 0.717) is 5.92 Å². The zero-order chi connectivity index (χ0) is 14.7. The number of rotatable bonds is 6. The number of esters is 1. The Morgan fingerprint density at radius 1 is 1.30 bits per heavy atom. The minimum Gasteiger partial charge on any atom is -0.457 e. The van der Waals surface area contributed by atoms with Crippen LogP contribution in [-0.4, -0.2) is 25.0 Å². The Labute approximate surface area is 114 Å². The SMILES string of the molecule is C[C@H]1C[C@@H]1C(=O)OCC(=O)c1ccc(OC(F)F)cc1. The molecule has 0 aliphatic heterocycles. The van der Waals surface area contributed by atoms with Crippen LogP contribution in [-0.2, 0) is 9.53 Å². The van der Waals surface area contributed by atoms with Gasteiger partial charge in [0.15, 0.2) is 12.4 Å². The number of Topliss-reactive ketones (excluding diaryl/α,β-unsaturated/α-hetero) is 1. The number of ether oxygens (including phenoxy) is 2. The zero-order valence-corrected chi connectivity index (χ0v) is 10.8. The van der Waals surface area contributed by atoms with Gasteiger partial charge in [0.1, 0.15) is 5.75 Å². The molecule has 2 atom stereocenters. The van der Waals surface area contributed by atoms with Gasteiger partial charge in [0.25, 0.3) is 0 Å². The molecule has 0 bridgehead atoms. The van der Waals surface area contributed by atoms with E-state index in [9.17, 15) is 18.4 Å². The van der Waals surface area contributed by atoms with Crippen LogP contribution < -0.4 is 4.74 Å². The molecule has 0 N–H and O–H groups in total. The highest BCUT2D eigenvalue weighted by Gasteiger charge is 2.40. The van der Waals surface area contributed by atoms with Crippen molar-refractivity contribution in [2.75, 3.05) is 6.61 Å². The van der Waals surface area contributed by atoms with Crippen molar-refractivity contribution in [3.8, 4) is 5.75 Å². The van der Waals surface area contributed by atoms with Crippen molar-refractivity contribution in [2.45, 2.75) is 20.0 Å².